The van der Waals surface area contributed by atoms with Crippen molar-refractivity contribution in [1.29, 1.82) is 0 Å². The number of carboxylic acid groups (broad SMARTS) is 1. The molecule has 128 valence electrons. The van der Waals surface area contributed by atoms with Crippen molar-refractivity contribution in [3.05, 3.63) is 64.2 Å². The summed E-state index contributed by atoms with van der Waals surface area (Å²) in [7, 11) is 0. The Labute approximate surface area is 144 Å². The summed E-state index contributed by atoms with van der Waals surface area (Å²) in [5, 5.41) is 19.9. The zero-order chi connectivity index (χ0) is 17.8. The van der Waals surface area contributed by atoms with Crippen LogP contribution >= 0.6 is 0 Å². The van der Waals surface area contributed by atoms with E-state index in [1.807, 2.05) is 0 Å². The average Bonchev–Trinajstić information content (AvgIpc) is 2.63. The molecule has 3 rings (SSSR count). The minimum absolute atomic E-state index is 0.0771. The van der Waals surface area contributed by atoms with Crippen LogP contribution < -0.4 is 4.90 Å². The third kappa shape index (κ3) is 3.82. The third-order valence-corrected chi connectivity index (χ3v) is 4.18. The molecule has 1 aliphatic heterocycles. The van der Waals surface area contributed by atoms with Crippen LogP contribution in [0.25, 0.3) is 0 Å². The molecule has 1 aliphatic rings. The molecule has 2 aromatic rings. The number of aromatic carboxylic acids is 1. The van der Waals surface area contributed by atoms with Crippen molar-refractivity contribution >= 4 is 28.7 Å². The Kier molecular flexibility index (Phi) is 4.74. The molecule has 0 aromatic heterocycles. The van der Waals surface area contributed by atoms with E-state index in [1.165, 1.54) is 12.1 Å². The van der Waals surface area contributed by atoms with E-state index in [4.69, 9.17) is 0 Å². The Balaban J connectivity index is 1.69. The fourth-order valence-corrected chi connectivity index (χ4v) is 2.84. The molecule has 7 nitrogen and oxygen atoms in total. The van der Waals surface area contributed by atoms with Crippen molar-refractivity contribution < 1.29 is 14.8 Å². The lowest BCUT2D eigenvalue weighted by atomic mass is 10.1. The maximum absolute atomic E-state index is 11.3. The molecule has 2 aromatic carbocycles. The predicted octanol–water partition coefficient (Wildman–Crippen LogP) is 3.67. The number of benzene rings is 2. The molecule has 0 atom stereocenters. The summed E-state index contributed by atoms with van der Waals surface area (Å²) in [6.45, 7) is 1.48. The van der Waals surface area contributed by atoms with Crippen molar-refractivity contribution in [2.45, 2.75) is 12.8 Å². The topological polar surface area (TPSA) is 96.0 Å². The number of rotatable bonds is 4. The second kappa shape index (κ2) is 7.12. The average molecular weight is 339 g/mol. The van der Waals surface area contributed by atoms with Crippen molar-refractivity contribution in [3.8, 4) is 0 Å². The van der Waals surface area contributed by atoms with E-state index in [2.05, 4.69) is 9.89 Å². The first-order chi connectivity index (χ1) is 12.0. The van der Waals surface area contributed by atoms with Gasteiger partial charge in [0, 0.05) is 49.5 Å². The van der Waals surface area contributed by atoms with Crippen LogP contribution in [-0.2, 0) is 0 Å². The molecular formula is C18H17N3O4. The van der Waals surface area contributed by atoms with Gasteiger partial charge >= 0.3 is 5.97 Å². The molecule has 0 spiro atoms. The van der Waals surface area contributed by atoms with Gasteiger partial charge in [-0.25, -0.2) is 4.79 Å². The number of hydrogen-bond acceptors (Lipinski definition) is 5. The van der Waals surface area contributed by atoms with E-state index < -0.39 is 10.9 Å². The van der Waals surface area contributed by atoms with E-state index in [9.17, 15) is 20.0 Å². The number of carbonyl (C=O) groups is 1. The van der Waals surface area contributed by atoms with Gasteiger partial charge in [-0.3, -0.25) is 15.1 Å². The van der Waals surface area contributed by atoms with Gasteiger partial charge in [0.05, 0.1) is 16.2 Å². The number of non-ortho nitro benzene ring substituents is 1. The van der Waals surface area contributed by atoms with Gasteiger partial charge in [0.15, 0.2) is 0 Å². The molecular weight excluding hydrogens is 322 g/mol. The number of anilines is 1. The highest BCUT2D eigenvalue weighted by Crippen LogP contribution is 2.24. The van der Waals surface area contributed by atoms with Crippen molar-refractivity contribution in [2.24, 2.45) is 4.99 Å². The first kappa shape index (κ1) is 16.6. The van der Waals surface area contributed by atoms with Crippen LogP contribution in [0, 0.1) is 10.1 Å². The minimum Gasteiger partial charge on any atom is -0.478 e. The number of nitro benzene ring substituents is 1. The van der Waals surface area contributed by atoms with Gasteiger partial charge in [-0.1, -0.05) is 12.1 Å². The summed E-state index contributed by atoms with van der Waals surface area (Å²) >= 11 is 0. The maximum Gasteiger partial charge on any atom is 0.337 e. The van der Waals surface area contributed by atoms with Crippen LogP contribution in [0.4, 0.5) is 17.1 Å². The number of aliphatic imine (C=N–C) groups is 1. The molecule has 0 amide bonds. The highest BCUT2D eigenvalue weighted by Gasteiger charge is 2.17. The molecule has 0 aliphatic carbocycles. The van der Waals surface area contributed by atoms with Gasteiger partial charge in [-0.15, -0.1) is 0 Å². The van der Waals surface area contributed by atoms with Crippen LogP contribution in [0.2, 0.25) is 0 Å². The monoisotopic (exact) mass is 339 g/mol. The number of nitro groups is 1. The van der Waals surface area contributed by atoms with Crippen molar-refractivity contribution in [3.63, 3.8) is 0 Å². The molecule has 0 saturated carbocycles. The van der Waals surface area contributed by atoms with E-state index in [1.54, 1.807) is 36.4 Å². The Bertz CT molecular complexity index is 820. The second-order valence-corrected chi connectivity index (χ2v) is 5.76. The first-order valence-electron chi connectivity index (χ1n) is 7.93. The van der Waals surface area contributed by atoms with Crippen LogP contribution in [0.3, 0.4) is 0 Å². The second-order valence-electron chi connectivity index (χ2n) is 5.76. The van der Waals surface area contributed by atoms with Crippen LogP contribution in [0.15, 0.2) is 53.5 Å². The molecule has 1 N–H and O–H groups in total. The predicted molar refractivity (Wildman–Crippen MR) is 95.0 cm³/mol. The Morgan fingerprint density at radius 2 is 1.72 bits per heavy atom. The molecule has 25 heavy (non-hydrogen) atoms. The molecule has 1 saturated heterocycles. The van der Waals surface area contributed by atoms with Crippen LogP contribution in [0.1, 0.15) is 23.2 Å². The lowest BCUT2D eigenvalue weighted by Crippen LogP contribution is -2.33. The van der Waals surface area contributed by atoms with Crippen LogP contribution in [0.5, 0.6) is 0 Å². The number of piperidine rings is 1. The van der Waals surface area contributed by atoms with E-state index in [0.29, 0.717) is 5.69 Å². The molecule has 0 radical (unpaired) electrons. The Morgan fingerprint density at radius 1 is 1.08 bits per heavy atom. The summed E-state index contributed by atoms with van der Waals surface area (Å²) in [4.78, 5) is 28.2. The first-order valence-corrected chi connectivity index (χ1v) is 7.93. The number of nitrogens with zero attached hydrogens (tertiary/aromatic N) is 3. The van der Waals surface area contributed by atoms with Crippen molar-refractivity contribution in [1.82, 2.24) is 0 Å². The molecule has 7 heteroatoms. The molecule has 1 fully saturated rings. The minimum atomic E-state index is -0.983. The summed E-state index contributed by atoms with van der Waals surface area (Å²) < 4.78 is 0. The zero-order valence-corrected chi connectivity index (χ0v) is 13.5. The summed E-state index contributed by atoms with van der Waals surface area (Å²) in [6, 6.07) is 13.2. The van der Waals surface area contributed by atoms with Gasteiger partial charge in [0.2, 0.25) is 0 Å². The van der Waals surface area contributed by atoms with Gasteiger partial charge in [0.25, 0.3) is 5.69 Å². The van der Waals surface area contributed by atoms with Crippen molar-refractivity contribution in [2.75, 3.05) is 18.0 Å². The summed E-state index contributed by atoms with van der Waals surface area (Å²) in [5.74, 6) is -0.983. The lowest BCUT2D eigenvalue weighted by molar-refractivity contribution is -0.384. The van der Waals surface area contributed by atoms with E-state index >= 15 is 0 Å². The fourth-order valence-electron chi connectivity index (χ4n) is 2.84. The van der Waals surface area contributed by atoms with Gasteiger partial charge in [-0.2, -0.15) is 0 Å². The van der Waals surface area contributed by atoms with Gasteiger partial charge in [-0.05, 0) is 24.3 Å². The smallest absolute Gasteiger partial charge is 0.337 e. The summed E-state index contributed by atoms with van der Waals surface area (Å²) in [5.41, 5.74) is 2.66. The zero-order valence-electron chi connectivity index (χ0n) is 13.5. The maximum atomic E-state index is 11.3. The summed E-state index contributed by atoms with van der Waals surface area (Å²) in [6.07, 6.45) is 1.45. The van der Waals surface area contributed by atoms with E-state index in [0.717, 1.165) is 37.3 Å². The van der Waals surface area contributed by atoms with Gasteiger partial charge in [0.1, 0.15) is 0 Å². The Morgan fingerprint density at radius 3 is 2.32 bits per heavy atom. The van der Waals surface area contributed by atoms with Gasteiger partial charge < -0.3 is 10.0 Å². The largest absolute Gasteiger partial charge is 0.478 e. The van der Waals surface area contributed by atoms with Crippen LogP contribution in [-0.4, -0.2) is 34.8 Å². The SMILES string of the molecule is O=C(O)c1ccccc1N=C1CCN(c2ccc([N+](=O)[O-])cc2)CC1. The number of carboxylic acids is 1. The lowest BCUT2D eigenvalue weighted by Gasteiger charge is -2.29. The third-order valence-electron chi connectivity index (χ3n) is 4.18. The van der Waals surface area contributed by atoms with E-state index in [-0.39, 0.29) is 11.3 Å². The fraction of sp³-hybridized carbons (Fsp3) is 0.222. The number of hydrogen-bond donors (Lipinski definition) is 1. The normalized spacial score (nSPS) is 14.2. The standard InChI is InChI=1S/C18H17N3O4/c22-18(23)16-3-1-2-4-17(16)19-13-9-11-20(12-10-13)14-5-7-15(8-6-14)21(24)25/h1-8H,9-12H2,(H,22,23). The highest BCUT2D eigenvalue weighted by atomic mass is 16.6. The Hall–Kier alpha value is -3.22. The molecule has 1 heterocycles. The highest BCUT2D eigenvalue weighted by molar-refractivity contribution is 5.96. The molecule has 0 unspecified atom stereocenters. The number of para-hydroxylation sites is 1. The molecule has 0 bridgehead atoms. The quantitative estimate of drug-likeness (QED) is 0.677.